The van der Waals surface area contributed by atoms with Crippen molar-refractivity contribution in [2.24, 2.45) is 0 Å². The van der Waals surface area contributed by atoms with Crippen LogP contribution in [-0.4, -0.2) is 32.3 Å². The van der Waals surface area contributed by atoms with Gasteiger partial charge >= 0.3 is 0 Å². The monoisotopic (exact) mass is 526 g/mol. The van der Waals surface area contributed by atoms with Crippen molar-refractivity contribution in [2.75, 3.05) is 19.0 Å². The normalized spacial score (nSPS) is 11.5. The summed E-state index contributed by atoms with van der Waals surface area (Å²) in [6, 6.07) is 16.0. The molecule has 10 heteroatoms. The van der Waals surface area contributed by atoms with Crippen molar-refractivity contribution >= 4 is 56.4 Å². The van der Waals surface area contributed by atoms with Gasteiger partial charge < -0.3 is 10.1 Å². The van der Waals surface area contributed by atoms with Crippen molar-refractivity contribution in [2.45, 2.75) is 18.4 Å². The number of ether oxygens (including phenoxy) is 1. The van der Waals surface area contributed by atoms with E-state index in [1.165, 1.54) is 25.3 Å². The van der Waals surface area contributed by atoms with Crippen LogP contribution in [0.1, 0.15) is 11.1 Å². The van der Waals surface area contributed by atoms with Crippen LogP contribution in [-0.2, 0) is 21.4 Å². The Kier molecular flexibility index (Phi) is 8.26. The summed E-state index contributed by atoms with van der Waals surface area (Å²) in [6.07, 6.45) is 0. The maximum absolute atomic E-state index is 13.4. The minimum Gasteiger partial charge on any atom is -0.495 e. The van der Waals surface area contributed by atoms with E-state index in [2.05, 4.69) is 5.32 Å². The van der Waals surface area contributed by atoms with Gasteiger partial charge in [0.15, 0.2) is 0 Å². The molecule has 3 aromatic rings. The van der Waals surface area contributed by atoms with Gasteiger partial charge in [-0.2, -0.15) is 4.31 Å². The molecule has 0 saturated carbocycles. The zero-order chi connectivity index (χ0) is 24.2. The quantitative estimate of drug-likeness (QED) is 0.402. The first-order valence-electron chi connectivity index (χ1n) is 9.74. The third-order valence-electron chi connectivity index (χ3n) is 4.76. The minimum absolute atomic E-state index is 0.0773. The fourth-order valence-corrected chi connectivity index (χ4v) is 4.99. The van der Waals surface area contributed by atoms with Crippen LogP contribution in [0.4, 0.5) is 5.69 Å². The Balaban J connectivity index is 1.88. The van der Waals surface area contributed by atoms with Gasteiger partial charge in [-0.3, -0.25) is 4.79 Å². The third-order valence-corrected chi connectivity index (χ3v) is 7.60. The fourth-order valence-electron chi connectivity index (χ4n) is 3.03. The molecule has 174 valence electrons. The highest BCUT2D eigenvalue weighted by Gasteiger charge is 2.27. The van der Waals surface area contributed by atoms with E-state index in [4.69, 9.17) is 39.5 Å². The first-order valence-corrected chi connectivity index (χ1v) is 12.3. The second kappa shape index (κ2) is 10.8. The number of nitrogens with zero attached hydrogens (tertiary/aromatic N) is 1. The Hall–Kier alpha value is -2.29. The lowest BCUT2D eigenvalue weighted by atomic mass is 10.2. The molecule has 3 rings (SSSR count). The molecule has 0 atom stereocenters. The summed E-state index contributed by atoms with van der Waals surface area (Å²) in [7, 11) is -2.51. The summed E-state index contributed by atoms with van der Waals surface area (Å²) in [4.78, 5) is 12.9. The second-order valence-corrected chi connectivity index (χ2v) is 10.4. The van der Waals surface area contributed by atoms with E-state index in [1.54, 1.807) is 42.5 Å². The fraction of sp³-hybridized carbons (Fsp3) is 0.174. The molecule has 0 saturated heterocycles. The van der Waals surface area contributed by atoms with E-state index in [-0.39, 0.29) is 11.4 Å². The van der Waals surface area contributed by atoms with Crippen molar-refractivity contribution in [3.63, 3.8) is 0 Å². The number of benzene rings is 3. The number of hydrogen-bond donors (Lipinski definition) is 1. The van der Waals surface area contributed by atoms with Gasteiger partial charge in [0.2, 0.25) is 15.9 Å². The molecule has 0 heterocycles. The average Bonchev–Trinajstić information content (AvgIpc) is 2.76. The van der Waals surface area contributed by atoms with Crippen LogP contribution in [0.3, 0.4) is 0 Å². The number of sulfonamides is 1. The number of halogens is 3. The molecule has 0 spiro atoms. The molecule has 1 amide bonds. The second-order valence-electron chi connectivity index (χ2n) is 7.23. The molecule has 6 nitrogen and oxygen atoms in total. The van der Waals surface area contributed by atoms with Gasteiger partial charge in [-0.15, -0.1) is 0 Å². The van der Waals surface area contributed by atoms with Gasteiger partial charge in [0.1, 0.15) is 5.75 Å². The van der Waals surface area contributed by atoms with Crippen LogP contribution in [0.2, 0.25) is 15.1 Å². The van der Waals surface area contributed by atoms with Crippen LogP contribution in [0.15, 0.2) is 65.6 Å². The third kappa shape index (κ3) is 6.40. The lowest BCUT2D eigenvalue weighted by molar-refractivity contribution is -0.116. The number of anilines is 1. The van der Waals surface area contributed by atoms with Gasteiger partial charge in [0.25, 0.3) is 0 Å². The summed E-state index contributed by atoms with van der Waals surface area (Å²) < 4.78 is 32.9. The molecule has 0 aliphatic heterocycles. The molecule has 0 bridgehead atoms. The van der Waals surface area contributed by atoms with E-state index in [9.17, 15) is 13.2 Å². The van der Waals surface area contributed by atoms with Crippen molar-refractivity contribution in [1.29, 1.82) is 0 Å². The van der Waals surface area contributed by atoms with Crippen molar-refractivity contribution in [1.82, 2.24) is 4.31 Å². The van der Waals surface area contributed by atoms with E-state index in [0.717, 1.165) is 9.87 Å². The van der Waals surface area contributed by atoms with Crippen molar-refractivity contribution in [3.05, 3.63) is 86.9 Å². The molecule has 0 fully saturated rings. The summed E-state index contributed by atoms with van der Waals surface area (Å²) in [5.74, 6) is -0.0789. The minimum atomic E-state index is -3.99. The van der Waals surface area contributed by atoms with E-state index < -0.39 is 22.5 Å². The highest BCUT2D eigenvalue weighted by molar-refractivity contribution is 7.89. The highest BCUT2D eigenvalue weighted by atomic mass is 35.5. The van der Waals surface area contributed by atoms with Gasteiger partial charge in [-0.1, -0.05) is 58.6 Å². The van der Waals surface area contributed by atoms with E-state index in [0.29, 0.717) is 32.1 Å². The molecule has 33 heavy (non-hydrogen) atoms. The zero-order valence-electron chi connectivity index (χ0n) is 17.8. The van der Waals surface area contributed by atoms with E-state index in [1.807, 2.05) is 6.92 Å². The smallest absolute Gasteiger partial charge is 0.243 e. The lowest BCUT2D eigenvalue weighted by Crippen LogP contribution is -2.37. The van der Waals surface area contributed by atoms with Gasteiger partial charge in [0.05, 0.1) is 33.6 Å². The highest BCUT2D eigenvalue weighted by Crippen LogP contribution is 2.28. The standard InChI is InChI=1S/C23H21Cl3N2O4S/c1-15-3-7-18(8-4-15)33(30,31)28(13-16-5-9-19(24)20(25)11-16)14-23(29)27-17-6-10-22(32-2)21(26)12-17/h3-12H,13-14H2,1-2H3,(H,27,29). The molecule has 0 aliphatic rings. The molecule has 0 radical (unpaired) electrons. The summed E-state index contributed by atoms with van der Waals surface area (Å²) >= 11 is 18.2. The molecule has 0 aliphatic carbocycles. The first-order chi connectivity index (χ1) is 15.6. The molecule has 0 aromatic heterocycles. The van der Waals surface area contributed by atoms with E-state index >= 15 is 0 Å². The molecular formula is C23H21Cl3N2O4S. The van der Waals surface area contributed by atoms with Gasteiger partial charge in [-0.05, 0) is 55.0 Å². The van der Waals surface area contributed by atoms with Crippen LogP contribution in [0.5, 0.6) is 5.75 Å². The molecular weight excluding hydrogens is 507 g/mol. The summed E-state index contributed by atoms with van der Waals surface area (Å²) in [5, 5.41) is 3.63. The Morgan fingerprint density at radius 3 is 2.24 bits per heavy atom. The largest absolute Gasteiger partial charge is 0.495 e. The molecule has 3 aromatic carbocycles. The predicted molar refractivity (Wildman–Crippen MR) is 132 cm³/mol. The number of nitrogens with one attached hydrogen (secondary N) is 1. The maximum Gasteiger partial charge on any atom is 0.243 e. The topological polar surface area (TPSA) is 75.7 Å². The van der Waals surface area contributed by atoms with Crippen molar-refractivity contribution in [3.8, 4) is 5.75 Å². The van der Waals surface area contributed by atoms with Gasteiger partial charge in [-0.25, -0.2) is 8.42 Å². The van der Waals surface area contributed by atoms with Crippen LogP contribution in [0.25, 0.3) is 0 Å². The first kappa shape index (κ1) is 25.3. The number of methoxy groups -OCH3 is 1. The van der Waals surface area contributed by atoms with Crippen LogP contribution < -0.4 is 10.1 Å². The van der Waals surface area contributed by atoms with Crippen LogP contribution in [0, 0.1) is 6.92 Å². The maximum atomic E-state index is 13.4. The Morgan fingerprint density at radius 1 is 0.939 bits per heavy atom. The lowest BCUT2D eigenvalue weighted by Gasteiger charge is -2.22. The Labute approximate surface area is 208 Å². The van der Waals surface area contributed by atoms with Crippen molar-refractivity contribution < 1.29 is 17.9 Å². The number of carbonyl (C=O) groups excluding carboxylic acids is 1. The molecule has 0 unspecified atom stereocenters. The number of amides is 1. The van der Waals surface area contributed by atoms with Crippen LogP contribution >= 0.6 is 34.8 Å². The summed E-state index contributed by atoms with van der Waals surface area (Å²) in [5.41, 5.74) is 1.91. The summed E-state index contributed by atoms with van der Waals surface area (Å²) in [6.45, 7) is 1.35. The van der Waals surface area contributed by atoms with Gasteiger partial charge in [0, 0.05) is 12.2 Å². The number of carbonyl (C=O) groups is 1. The Morgan fingerprint density at radius 2 is 1.64 bits per heavy atom. The SMILES string of the molecule is COc1ccc(NC(=O)CN(Cc2ccc(Cl)c(Cl)c2)S(=O)(=O)c2ccc(C)cc2)cc1Cl. The Bertz CT molecular complexity index is 1270. The number of aryl methyl sites for hydroxylation is 1. The number of rotatable bonds is 8. The molecule has 1 N–H and O–H groups in total. The number of hydrogen-bond acceptors (Lipinski definition) is 4. The average molecular weight is 528 g/mol. The zero-order valence-corrected chi connectivity index (χ0v) is 20.9. The predicted octanol–water partition coefficient (Wildman–Crippen LogP) is 5.79.